The number of fused-ring (bicyclic) bond motifs is 1. The number of carbonyl (C=O) groups is 1. The minimum Gasteiger partial charge on any atom is -0.363 e. The van der Waals surface area contributed by atoms with E-state index in [9.17, 15) is 13.6 Å². The molecule has 0 spiro atoms. The first-order valence-corrected chi connectivity index (χ1v) is 7.55. The van der Waals surface area contributed by atoms with E-state index in [-0.39, 0.29) is 11.9 Å². The van der Waals surface area contributed by atoms with Crippen molar-refractivity contribution in [3.05, 3.63) is 59.7 Å². The molecule has 1 aliphatic heterocycles. The summed E-state index contributed by atoms with van der Waals surface area (Å²) in [5, 5.41) is 0. The first-order chi connectivity index (χ1) is 11.0. The maximum Gasteiger partial charge on any atom is 0.224 e. The SMILES string of the molecule is CC(=O)N1c2ccccc2N(Cc2ccc(F)cc2F)C[C@@H]1C. The Morgan fingerprint density at radius 2 is 1.87 bits per heavy atom. The highest BCUT2D eigenvalue weighted by Crippen LogP contribution is 2.36. The normalized spacial score (nSPS) is 17.1. The molecule has 0 N–H and O–H groups in total. The number of halogens is 2. The van der Waals surface area contributed by atoms with Gasteiger partial charge in [0.25, 0.3) is 0 Å². The van der Waals surface area contributed by atoms with Crippen LogP contribution in [0.15, 0.2) is 42.5 Å². The molecule has 0 bridgehead atoms. The summed E-state index contributed by atoms with van der Waals surface area (Å²) < 4.78 is 27.0. The summed E-state index contributed by atoms with van der Waals surface area (Å²) in [6.45, 7) is 4.43. The van der Waals surface area contributed by atoms with Crippen LogP contribution in [0.4, 0.5) is 20.2 Å². The third-order valence-corrected chi connectivity index (χ3v) is 4.12. The molecule has 1 atom stereocenters. The quantitative estimate of drug-likeness (QED) is 0.843. The lowest BCUT2D eigenvalue weighted by molar-refractivity contribution is -0.117. The van der Waals surface area contributed by atoms with Crippen LogP contribution in [0.5, 0.6) is 0 Å². The van der Waals surface area contributed by atoms with Gasteiger partial charge < -0.3 is 9.80 Å². The maximum absolute atomic E-state index is 14.0. The van der Waals surface area contributed by atoms with Gasteiger partial charge in [-0.3, -0.25) is 4.79 Å². The van der Waals surface area contributed by atoms with Gasteiger partial charge in [-0.1, -0.05) is 18.2 Å². The van der Waals surface area contributed by atoms with Gasteiger partial charge in [0.2, 0.25) is 5.91 Å². The van der Waals surface area contributed by atoms with Gasteiger partial charge in [-0.05, 0) is 25.1 Å². The van der Waals surface area contributed by atoms with E-state index >= 15 is 0 Å². The van der Waals surface area contributed by atoms with Crippen molar-refractivity contribution in [1.29, 1.82) is 0 Å². The molecule has 3 nitrogen and oxygen atoms in total. The van der Waals surface area contributed by atoms with E-state index in [1.165, 1.54) is 12.1 Å². The average molecular weight is 316 g/mol. The van der Waals surface area contributed by atoms with Crippen LogP contribution in [-0.4, -0.2) is 18.5 Å². The van der Waals surface area contributed by atoms with Crippen LogP contribution < -0.4 is 9.80 Å². The molecule has 5 heteroatoms. The molecular formula is C18H18F2N2O. The molecule has 3 rings (SSSR count). The number of carbonyl (C=O) groups excluding carboxylic acids is 1. The summed E-state index contributed by atoms with van der Waals surface area (Å²) in [7, 11) is 0. The highest BCUT2D eigenvalue weighted by molar-refractivity contribution is 5.97. The molecule has 0 aromatic heterocycles. The molecule has 0 radical (unpaired) electrons. The van der Waals surface area contributed by atoms with Crippen molar-refractivity contribution in [2.24, 2.45) is 0 Å². The molecule has 0 aliphatic carbocycles. The number of para-hydroxylation sites is 2. The molecule has 2 aromatic carbocycles. The second kappa shape index (κ2) is 5.99. The number of anilines is 2. The van der Waals surface area contributed by atoms with Gasteiger partial charge in [-0.25, -0.2) is 8.78 Å². The van der Waals surface area contributed by atoms with E-state index in [4.69, 9.17) is 0 Å². The molecule has 1 aliphatic rings. The van der Waals surface area contributed by atoms with Gasteiger partial charge in [0.1, 0.15) is 11.6 Å². The van der Waals surface area contributed by atoms with Gasteiger partial charge in [-0.15, -0.1) is 0 Å². The van der Waals surface area contributed by atoms with Crippen LogP contribution in [0.2, 0.25) is 0 Å². The van der Waals surface area contributed by atoms with Gasteiger partial charge >= 0.3 is 0 Å². The van der Waals surface area contributed by atoms with Crippen LogP contribution in [0, 0.1) is 11.6 Å². The van der Waals surface area contributed by atoms with Crippen molar-refractivity contribution in [3.63, 3.8) is 0 Å². The lowest BCUT2D eigenvalue weighted by atomic mass is 10.1. The fourth-order valence-electron chi connectivity index (χ4n) is 3.16. The van der Waals surface area contributed by atoms with Crippen molar-refractivity contribution >= 4 is 17.3 Å². The fourth-order valence-corrected chi connectivity index (χ4v) is 3.16. The van der Waals surface area contributed by atoms with Crippen molar-refractivity contribution in [3.8, 4) is 0 Å². The van der Waals surface area contributed by atoms with Crippen LogP contribution in [0.1, 0.15) is 19.4 Å². The molecule has 1 heterocycles. The minimum absolute atomic E-state index is 0.0161. The Morgan fingerprint density at radius 3 is 2.52 bits per heavy atom. The second-order valence-electron chi connectivity index (χ2n) is 5.84. The van der Waals surface area contributed by atoms with Crippen molar-refractivity contribution in [2.45, 2.75) is 26.4 Å². The van der Waals surface area contributed by atoms with E-state index in [0.717, 1.165) is 17.4 Å². The van der Waals surface area contributed by atoms with Crippen LogP contribution >= 0.6 is 0 Å². The third-order valence-electron chi connectivity index (χ3n) is 4.12. The van der Waals surface area contributed by atoms with E-state index < -0.39 is 11.6 Å². The van der Waals surface area contributed by atoms with Crippen molar-refractivity contribution in [1.82, 2.24) is 0 Å². The first kappa shape index (κ1) is 15.5. The zero-order valence-electron chi connectivity index (χ0n) is 13.1. The van der Waals surface area contributed by atoms with Crippen LogP contribution in [-0.2, 0) is 11.3 Å². The maximum atomic E-state index is 14.0. The van der Waals surface area contributed by atoms with Gasteiger partial charge in [0, 0.05) is 31.6 Å². The molecule has 120 valence electrons. The second-order valence-corrected chi connectivity index (χ2v) is 5.84. The Labute approximate surface area is 134 Å². The lowest BCUT2D eigenvalue weighted by Gasteiger charge is -2.41. The molecular weight excluding hydrogens is 298 g/mol. The predicted molar refractivity (Wildman–Crippen MR) is 86.5 cm³/mol. The number of hydrogen-bond donors (Lipinski definition) is 0. The molecule has 1 amide bonds. The molecule has 0 unspecified atom stereocenters. The molecule has 0 fully saturated rings. The van der Waals surface area contributed by atoms with E-state index in [1.807, 2.05) is 36.1 Å². The lowest BCUT2D eigenvalue weighted by Crippen LogP contribution is -2.49. The highest BCUT2D eigenvalue weighted by Gasteiger charge is 2.30. The summed E-state index contributed by atoms with van der Waals surface area (Å²) in [5.74, 6) is -1.15. The topological polar surface area (TPSA) is 23.6 Å². The number of nitrogens with zero attached hydrogens (tertiary/aromatic N) is 2. The van der Waals surface area contributed by atoms with Gasteiger partial charge in [0.15, 0.2) is 0 Å². The summed E-state index contributed by atoms with van der Waals surface area (Å²) in [6, 6.07) is 11.2. The smallest absolute Gasteiger partial charge is 0.224 e. The summed E-state index contributed by atoms with van der Waals surface area (Å²) >= 11 is 0. The summed E-state index contributed by atoms with van der Waals surface area (Å²) in [4.78, 5) is 15.7. The zero-order chi connectivity index (χ0) is 16.6. The fraction of sp³-hybridized carbons (Fsp3) is 0.278. The Hall–Kier alpha value is -2.43. The highest BCUT2D eigenvalue weighted by atomic mass is 19.1. The Kier molecular flexibility index (Phi) is 4.03. The van der Waals surface area contributed by atoms with Gasteiger partial charge in [0.05, 0.1) is 17.4 Å². The molecule has 0 saturated carbocycles. The van der Waals surface area contributed by atoms with E-state index in [2.05, 4.69) is 0 Å². The molecule has 23 heavy (non-hydrogen) atoms. The Balaban J connectivity index is 1.97. The average Bonchev–Trinajstić information content (AvgIpc) is 2.49. The van der Waals surface area contributed by atoms with Gasteiger partial charge in [-0.2, -0.15) is 0 Å². The van der Waals surface area contributed by atoms with E-state index in [1.54, 1.807) is 11.8 Å². The number of rotatable bonds is 2. The van der Waals surface area contributed by atoms with Crippen LogP contribution in [0.3, 0.4) is 0 Å². The number of hydrogen-bond acceptors (Lipinski definition) is 2. The van der Waals surface area contributed by atoms with Crippen molar-refractivity contribution < 1.29 is 13.6 Å². The minimum atomic E-state index is -0.582. The Bertz CT molecular complexity index is 748. The monoisotopic (exact) mass is 316 g/mol. The van der Waals surface area contributed by atoms with E-state index in [0.29, 0.717) is 18.7 Å². The Morgan fingerprint density at radius 1 is 1.17 bits per heavy atom. The van der Waals surface area contributed by atoms with Crippen molar-refractivity contribution in [2.75, 3.05) is 16.3 Å². The standard InChI is InChI=1S/C18H18F2N2O/c1-12-10-21(11-14-7-8-15(19)9-16(14)20)17-5-3-4-6-18(17)22(12)13(2)23/h3-9,12H,10-11H2,1-2H3/t12-/m0/s1. The summed E-state index contributed by atoms with van der Waals surface area (Å²) in [6.07, 6.45) is 0. The number of benzene rings is 2. The zero-order valence-corrected chi connectivity index (χ0v) is 13.1. The van der Waals surface area contributed by atoms with Crippen LogP contribution in [0.25, 0.3) is 0 Å². The predicted octanol–water partition coefficient (Wildman–Crippen LogP) is 3.73. The molecule has 2 aromatic rings. The first-order valence-electron chi connectivity index (χ1n) is 7.55. The summed E-state index contributed by atoms with van der Waals surface area (Å²) in [5.41, 5.74) is 2.13. The molecule has 0 saturated heterocycles. The largest absolute Gasteiger partial charge is 0.363 e. The third kappa shape index (κ3) is 2.91. The number of amides is 1.